The molecule has 0 saturated heterocycles. The number of benzene rings is 1. The van der Waals surface area contributed by atoms with E-state index in [2.05, 4.69) is 48.3 Å². The lowest BCUT2D eigenvalue weighted by atomic mass is 10.2. The minimum absolute atomic E-state index is 0.238. The molecule has 0 aromatic heterocycles. The molecule has 0 spiro atoms. The van der Waals surface area contributed by atoms with Gasteiger partial charge in [0.05, 0.1) is 6.10 Å². The molecule has 0 bridgehead atoms. The highest BCUT2D eigenvalue weighted by molar-refractivity contribution is 5.54. The number of nitrogens with one attached hydrogen (secondary N) is 1. The van der Waals surface area contributed by atoms with Crippen LogP contribution in [-0.4, -0.2) is 30.8 Å². The van der Waals surface area contributed by atoms with Gasteiger partial charge in [-0.25, -0.2) is 0 Å². The van der Waals surface area contributed by atoms with Gasteiger partial charge in [-0.3, -0.25) is 0 Å². The highest BCUT2D eigenvalue weighted by Crippen LogP contribution is 2.17. The summed E-state index contributed by atoms with van der Waals surface area (Å²) in [5, 5.41) is 12.5. The molecule has 0 aliphatic rings. The quantitative estimate of drug-likeness (QED) is 0.764. The molecule has 1 rings (SSSR count). The van der Waals surface area contributed by atoms with E-state index < -0.39 is 0 Å². The van der Waals surface area contributed by atoms with E-state index in [4.69, 9.17) is 5.11 Å². The Hall–Kier alpha value is -1.22. The van der Waals surface area contributed by atoms with Gasteiger partial charge in [0.15, 0.2) is 0 Å². The van der Waals surface area contributed by atoms with Crippen molar-refractivity contribution in [3.05, 3.63) is 24.3 Å². The van der Waals surface area contributed by atoms with Crippen LogP contribution >= 0.6 is 0 Å². The Bertz CT molecular complexity index is 305. The Labute approximate surface area is 104 Å². The second-order valence-corrected chi connectivity index (χ2v) is 4.28. The molecule has 3 nitrogen and oxygen atoms in total. The van der Waals surface area contributed by atoms with Crippen molar-refractivity contribution in [3.8, 4) is 0 Å². The molecule has 0 radical (unpaired) electrons. The van der Waals surface area contributed by atoms with E-state index in [9.17, 15) is 0 Å². The normalized spacial score (nSPS) is 12.2. The van der Waals surface area contributed by atoms with E-state index in [1.165, 1.54) is 5.69 Å². The van der Waals surface area contributed by atoms with Gasteiger partial charge in [-0.1, -0.05) is 0 Å². The lowest BCUT2D eigenvalue weighted by Crippen LogP contribution is -2.21. The first kappa shape index (κ1) is 13.8. The SMILES string of the molecule is CCN(CC)c1ccc(NCCC(C)O)cc1. The van der Waals surface area contributed by atoms with Crippen molar-refractivity contribution in [2.24, 2.45) is 0 Å². The summed E-state index contributed by atoms with van der Waals surface area (Å²) in [6.45, 7) is 9.01. The van der Waals surface area contributed by atoms with Crippen LogP contribution in [0.15, 0.2) is 24.3 Å². The van der Waals surface area contributed by atoms with Crippen molar-refractivity contribution in [2.45, 2.75) is 33.3 Å². The van der Waals surface area contributed by atoms with E-state index in [1.54, 1.807) is 0 Å². The predicted molar refractivity (Wildman–Crippen MR) is 74.8 cm³/mol. The first-order valence-corrected chi connectivity index (χ1v) is 6.44. The molecule has 1 unspecified atom stereocenters. The van der Waals surface area contributed by atoms with E-state index >= 15 is 0 Å². The summed E-state index contributed by atoms with van der Waals surface area (Å²) in [5.74, 6) is 0. The predicted octanol–water partition coefficient (Wildman–Crippen LogP) is 2.72. The van der Waals surface area contributed by atoms with Gasteiger partial charge in [0, 0.05) is 31.0 Å². The zero-order valence-corrected chi connectivity index (χ0v) is 11.1. The van der Waals surface area contributed by atoms with Crippen LogP contribution in [0.25, 0.3) is 0 Å². The van der Waals surface area contributed by atoms with Crippen LogP contribution in [0.4, 0.5) is 11.4 Å². The molecule has 96 valence electrons. The molecular formula is C14H24N2O. The molecule has 1 aromatic carbocycles. The lowest BCUT2D eigenvalue weighted by molar-refractivity contribution is 0.189. The first-order chi connectivity index (χ1) is 8.17. The molecule has 1 aromatic rings. The van der Waals surface area contributed by atoms with E-state index in [0.717, 1.165) is 31.7 Å². The van der Waals surface area contributed by atoms with Crippen LogP contribution < -0.4 is 10.2 Å². The highest BCUT2D eigenvalue weighted by Gasteiger charge is 2.01. The van der Waals surface area contributed by atoms with Gasteiger partial charge < -0.3 is 15.3 Å². The Morgan fingerprint density at radius 1 is 1.18 bits per heavy atom. The highest BCUT2D eigenvalue weighted by atomic mass is 16.3. The van der Waals surface area contributed by atoms with Crippen molar-refractivity contribution in [2.75, 3.05) is 29.9 Å². The largest absolute Gasteiger partial charge is 0.393 e. The summed E-state index contributed by atoms with van der Waals surface area (Å²) in [6.07, 6.45) is 0.537. The van der Waals surface area contributed by atoms with Crippen LogP contribution in [0, 0.1) is 0 Å². The number of hydrogen-bond donors (Lipinski definition) is 2. The van der Waals surface area contributed by atoms with Crippen molar-refractivity contribution >= 4 is 11.4 Å². The number of anilines is 2. The molecular weight excluding hydrogens is 212 g/mol. The number of aliphatic hydroxyl groups excluding tert-OH is 1. The topological polar surface area (TPSA) is 35.5 Å². The molecule has 0 fully saturated rings. The van der Waals surface area contributed by atoms with Gasteiger partial charge in [-0.15, -0.1) is 0 Å². The monoisotopic (exact) mass is 236 g/mol. The molecule has 1 atom stereocenters. The van der Waals surface area contributed by atoms with Crippen LogP contribution in [0.3, 0.4) is 0 Å². The maximum Gasteiger partial charge on any atom is 0.0528 e. The lowest BCUT2D eigenvalue weighted by Gasteiger charge is -2.21. The molecule has 0 amide bonds. The third kappa shape index (κ3) is 4.65. The Morgan fingerprint density at radius 2 is 1.76 bits per heavy atom. The van der Waals surface area contributed by atoms with Crippen molar-refractivity contribution in [1.29, 1.82) is 0 Å². The molecule has 0 aliphatic heterocycles. The van der Waals surface area contributed by atoms with E-state index in [1.807, 2.05) is 6.92 Å². The first-order valence-electron chi connectivity index (χ1n) is 6.44. The van der Waals surface area contributed by atoms with Gasteiger partial charge >= 0.3 is 0 Å². The fourth-order valence-electron chi connectivity index (χ4n) is 1.80. The minimum atomic E-state index is -0.238. The summed E-state index contributed by atoms with van der Waals surface area (Å²) in [4.78, 5) is 2.32. The fourth-order valence-corrected chi connectivity index (χ4v) is 1.80. The number of hydrogen-bond acceptors (Lipinski definition) is 3. The van der Waals surface area contributed by atoms with Gasteiger partial charge in [0.2, 0.25) is 0 Å². The summed E-state index contributed by atoms with van der Waals surface area (Å²) in [7, 11) is 0. The standard InChI is InChI=1S/C14H24N2O/c1-4-16(5-2)14-8-6-13(7-9-14)15-11-10-12(3)17/h6-9,12,15,17H,4-5,10-11H2,1-3H3. The summed E-state index contributed by atoms with van der Waals surface area (Å²) < 4.78 is 0. The second-order valence-electron chi connectivity index (χ2n) is 4.28. The smallest absolute Gasteiger partial charge is 0.0528 e. The van der Waals surface area contributed by atoms with Gasteiger partial charge in [0.25, 0.3) is 0 Å². The van der Waals surface area contributed by atoms with Crippen molar-refractivity contribution < 1.29 is 5.11 Å². The zero-order chi connectivity index (χ0) is 12.7. The Balaban J connectivity index is 2.49. The number of nitrogens with zero attached hydrogens (tertiary/aromatic N) is 1. The molecule has 3 heteroatoms. The van der Waals surface area contributed by atoms with Crippen LogP contribution in [-0.2, 0) is 0 Å². The summed E-state index contributed by atoms with van der Waals surface area (Å²) in [5.41, 5.74) is 2.37. The second kappa shape index (κ2) is 7.17. The zero-order valence-electron chi connectivity index (χ0n) is 11.1. The average molecular weight is 236 g/mol. The summed E-state index contributed by atoms with van der Waals surface area (Å²) in [6, 6.07) is 8.46. The number of rotatable bonds is 7. The van der Waals surface area contributed by atoms with Crippen LogP contribution in [0.2, 0.25) is 0 Å². The molecule has 2 N–H and O–H groups in total. The van der Waals surface area contributed by atoms with E-state index in [0.29, 0.717) is 0 Å². The maximum atomic E-state index is 9.16. The van der Waals surface area contributed by atoms with Gasteiger partial charge in [-0.05, 0) is 51.5 Å². The van der Waals surface area contributed by atoms with Crippen LogP contribution in [0.5, 0.6) is 0 Å². The third-order valence-corrected chi connectivity index (χ3v) is 2.89. The fraction of sp³-hybridized carbons (Fsp3) is 0.571. The molecule has 0 heterocycles. The molecule has 17 heavy (non-hydrogen) atoms. The average Bonchev–Trinajstić information content (AvgIpc) is 2.32. The van der Waals surface area contributed by atoms with Gasteiger partial charge in [0.1, 0.15) is 0 Å². The minimum Gasteiger partial charge on any atom is -0.393 e. The van der Waals surface area contributed by atoms with Crippen LogP contribution in [0.1, 0.15) is 27.2 Å². The third-order valence-electron chi connectivity index (χ3n) is 2.89. The Kier molecular flexibility index (Phi) is 5.84. The van der Waals surface area contributed by atoms with Crippen molar-refractivity contribution in [1.82, 2.24) is 0 Å². The molecule has 0 saturated carbocycles. The number of aliphatic hydroxyl groups is 1. The van der Waals surface area contributed by atoms with Crippen molar-refractivity contribution in [3.63, 3.8) is 0 Å². The Morgan fingerprint density at radius 3 is 2.24 bits per heavy atom. The van der Waals surface area contributed by atoms with E-state index in [-0.39, 0.29) is 6.10 Å². The molecule has 0 aliphatic carbocycles. The van der Waals surface area contributed by atoms with Gasteiger partial charge in [-0.2, -0.15) is 0 Å². The maximum absolute atomic E-state index is 9.16. The summed E-state index contributed by atoms with van der Waals surface area (Å²) >= 11 is 0.